The number of hydrogen-bond donors (Lipinski definition) is 1. The van der Waals surface area contributed by atoms with Crippen molar-refractivity contribution < 1.29 is 4.79 Å². The number of carbonyl (C=O) groups is 1. The fourth-order valence-corrected chi connectivity index (χ4v) is 4.15. The molecule has 1 atom stereocenters. The van der Waals surface area contributed by atoms with Gasteiger partial charge in [0.1, 0.15) is 11.6 Å². The predicted molar refractivity (Wildman–Crippen MR) is 128 cm³/mol. The maximum Gasteiger partial charge on any atom is 0.238 e. The molecule has 1 N–H and O–H groups in total. The highest BCUT2D eigenvalue weighted by molar-refractivity contribution is 6.24. The zero-order chi connectivity index (χ0) is 22.9. The quantitative estimate of drug-likeness (QED) is 0.479. The van der Waals surface area contributed by atoms with Gasteiger partial charge < -0.3 is 14.6 Å². The van der Waals surface area contributed by atoms with Crippen LogP contribution in [0.15, 0.2) is 78.2 Å². The molecule has 1 aliphatic heterocycles. The molecule has 0 bridgehead atoms. The number of aromatic nitrogens is 2. The molecule has 7 heteroatoms. The molecule has 1 amide bonds. The van der Waals surface area contributed by atoms with Gasteiger partial charge in [-0.2, -0.15) is 5.26 Å². The second-order valence-electron chi connectivity index (χ2n) is 8.35. The molecule has 0 aliphatic carbocycles. The van der Waals surface area contributed by atoms with E-state index in [2.05, 4.69) is 33.4 Å². The van der Waals surface area contributed by atoms with Gasteiger partial charge in [0.05, 0.1) is 23.0 Å². The summed E-state index contributed by atoms with van der Waals surface area (Å²) in [5.74, 6) is -0.746. The van der Waals surface area contributed by atoms with Crippen LogP contribution in [0.5, 0.6) is 0 Å². The number of anilines is 1. The summed E-state index contributed by atoms with van der Waals surface area (Å²) in [6.45, 7) is 0.841. The standard InChI is InChI=1S/C26H22N6O/c1-31(2)15-17-3-7-20(8-4-17)29-25(19-6-10-23-28-11-12-32(23)16-19)24-21-9-5-18(14-27)13-22(21)30-26(24)33/h3-13,16,24H,15H2,1-2H3,(H,30,33). The summed E-state index contributed by atoms with van der Waals surface area (Å²) in [5, 5.41) is 12.2. The molecular formula is C26H22N6O. The summed E-state index contributed by atoms with van der Waals surface area (Å²) < 4.78 is 1.91. The minimum absolute atomic E-state index is 0.159. The van der Waals surface area contributed by atoms with E-state index in [1.54, 1.807) is 18.3 Å². The Morgan fingerprint density at radius 3 is 2.76 bits per heavy atom. The first-order valence-electron chi connectivity index (χ1n) is 10.6. The zero-order valence-electron chi connectivity index (χ0n) is 18.4. The number of pyridine rings is 1. The zero-order valence-corrected chi connectivity index (χ0v) is 18.4. The Morgan fingerprint density at radius 2 is 2.00 bits per heavy atom. The van der Waals surface area contributed by atoms with Crippen molar-refractivity contribution in [2.75, 3.05) is 19.4 Å². The Hall–Kier alpha value is -4.28. The lowest BCUT2D eigenvalue weighted by Gasteiger charge is -2.15. The molecule has 0 fully saturated rings. The minimum Gasteiger partial charge on any atom is -0.325 e. The van der Waals surface area contributed by atoms with Gasteiger partial charge in [0.2, 0.25) is 5.91 Å². The molecule has 7 nitrogen and oxygen atoms in total. The van der Waals surface area contributed by atoms with Crippen LogP contribution in [0.3, 0.4) is 0 Å². The van der Waals surface area contributed by atoms with E-state index in [9.17, 15) is 10.1 Å². The first-order valence-corrected chi connectivity index (χ1v) is 10.6. The van der Waals surface area contributed by atoms with E-state index in [1.165, 1.54) is 5.56 Å². The molecule has 1 aliphatic rings. The summed E-state index contributed by atoms with van der Waals surface area (Å²) in [5.41, 5.74) is 6.23. The van der Waals surface area contributed by atoms with Gasteiger partial charge in [-0.05, 0) is 61.6 Å². The molecular weight excluding hydrogens is 412 g/mol. The summed E-state index contributed by atoms with van der Waals surface area (Å²) >= 11 is 0. The average Bonchev–Trinajstić information content (AvgIpc) is 3.40. The number of aliphatic imine (C=N–C) groups is 1. The van der Waals surface area contributed by atoms with Crippen LogP contribution in [0.1, 0.15) is 28.2 Å². The Labute approximate surface area is 191 Å². The van der Waals surface area contributed by atoms with Gasteiger partial charge in [-0.1, -0.05) is 18.2 Å². The number of benzene rings is 2. The second-order valence-corrected chi connectivity index (χ2v) is 8.35. The monoisotopic (exact) mass is 434 g/mol. The highest BCUT2D eigenvalue weighted by atomic mass is 16.2. The highest BCUT2D eigenvalue weighted by Gasteiger charge is 2.35. The molecule has 3 heterocycles. The van der Waals surface area contributed by atoms with Crippen LogP contribution in [-0.2, 0) is 11.3 Å². The third-order valence-electron chi connectivity index (χ3n) is 5.66. The molecule has 33 heavy (non-hydrogen) atoms. The number of nitrogens with one attached hydrogen (secondary N) is 1. The number of rotatable bonds is 5. The Kier molecular flexibility index (Phi) is 5.21. The maximum absolute atomic E-state index is 13.1. The van der Waals surface area contributed by atoms with Crippen molar-refractivity contribution in [2.24, 2.45) is 4.99 Å². The van der Waals surface area contributed by atoms with Gasteiger partial charge in [-0.3, -0.25) is 9.79 Å². The van der Waals surface area contributed by atoms with Gasteiger partial charge >= 0.3 is 0 Å². The molecule has 5 rings (SSSR count). The molecule has 0 saturated carbocycles. The molecule has 2 aromatic carbocycles. The number of fused-ring (bicyclic) bond motifs is 2. The van der Waals surface area contributed by atoms with E-state index >= 15 is 0 Å². The van der Waals surface area contributed by atoms with Gasteiger partial charge in [0.15, 0.2) is 0 Å². The largest absolute Gasteiger partial charge is 0.325 e. The lowest BCUT2D eigenvalue weighted by atomic mass is 9.91. The summed E-state index contributed by atoms with van der Waals surface area (Å²) in [6, 6.07) is 19.3. The average molecular weight is 435 g/mol. The molecule has 4 aromatic rings. The molecule has 0 radical (unpaired) electrons. The molecule has 2 aromatic heterocycles. The van der Waals surface area contributed by atoms with Crippen LogP contribution in [0, 0.1) is 11.3 Å². The van der Waals surface area contributed by atoms with Gasteiger partial charge in [-0.15, -0.1) is 0 Å². The second kappa shape index (κ2) is 8.34. The number of nitriles is 1. The fourth-order valence-electron chi connectivity index (χ4n) is 4.15. The van der Waals surface area contributed by atoms with Crippen molar-refractivity contribution in [3.8, 4) is 6.07 Å². The lowest BCUT2D eigenvalue weighted by molar-refractivity contribution is -0.115. The van der Waals surface area contributed by atoms with Crippen LogP contribution in [0.2, 0.25) is 0 Å². The topological polar surface area (TPSA) is 85.8 Å². The molecule has 0 saturated heterocycles. The lowest BCUT2D eigenvalue weighted by Crippen LogP contribution is -2.22. The van der Waals surface area contributed by atoms with E-state index in [1.807, 2.05) is 61.2 Å². The Morgan fingerprint density at radius 1 is 1.18 bits per heavy atom. The van der Waals surface area contributed by atoms with Crippen LogP contribution in [-0.4, -0.2) is 40.0 Å². The van der Waals surface area contributed by atoms with Gasteiger partial charge in [-0.25, -0.2) is 4.98 Å². The summed E-state index contributed by atoms with van der Waals surface area (Å²) in [4.78, 5) is 24.5. The van der Waals surface area contributed by atoms with Crippen molar-refractivity contribution in [3.05, 3.63) is 95.4 Å². The van der Waals surface area contributed by atoms with Crippen molar-refractivity contribution in [1.82, 2.24) is 14.3 Å². The van der Waals surface area contributed by atoms with Crippen molar-refractivity contribution in [3.63, 3.8) is 0 Å². The first-order chi connectivity index (χ1) is 16.0. The van der Waals surface area contributed by atoms with Crippen molar-refractivity contribution in [1.29, 1.82) is 5.26 Å². The third kappa shape index (κ3) is 4.00. The smallest absolute Gasteiger partial charge is 0.238 e. The third-order valence-corrected chi connectivity index (χ3v) is 5.66. The number of hydrogen-bond acceptors (Lipinski definition) is 5. The molecule has 1 unspecified atom stereocenters. The van der Waals surface area contributed by atoms with E-state index < -0.39 is 5.92 Å². The number of nitrogens with zero attached hydrogens (tertiary/aromatic N) is 5. The van der Waals surface area contributed by atoms with Crippen LogP contribution >= 0.6 is 0 Å². The minimum atomic E-state index is -0.588. The van der Waals surface area contributed by atoms with Gasteiger partial charge in [0.25, 0.3) is 0 Å². The van der Waals surface area contributed by atoms with Gasteiger partial charge in [0, 0.05) is 36.4 Å². The Balaban J connectivity index is 1.63. The highest BCUT2D eigenvalue weighted by Crippen LogP contribution is 2.37. The van der Waals surface area contributed by atoms with Crippen molar-refractivity contribution >= 4 is 28.6 Å². The summed E-state index contributed by atoms with van der Waals surface area (Å²) in [7, 11) is 4.06. The van der Waals surface area contributed by atoms with Crippen LogP contribution in [0.4, 0.5) is 11.4 Å². The molecule has 162 valence electrons. The fraction of sp³-hybridized carbons (Fsp3) is 0.154. The van der Waals surface area contributed by atoms with Crippen LogP contribution in [0.25, 0.3) is 5.65 Å². The predicted octanol–water partition coefficient (Wildman–Crippen LogP) is 4.12. The first kappa shape index (κ1) is 20.6. The summed E-state index contributed by atoms with van der Waals surface area (Å²) in [6.07, 6.45) is 5.55. The van der Waals surface area contributed by atoms with Crippen LogP contribution < -0.4 is 5.32 Å². The van der Waals surface area contributed by atoms with E-state index in [0.717, 1.165) is 29.0 Å². The normalized spacial score (nSPS) is 15.5. The molecule has 0 spiro atoms. The number of amides is 1. The van der Waals surface area contributed by atoms with E-state index in [0.29, 0.717) is 17.0 Å². The SMILES string of the molecule is CN(C)Cc1ccc(N=C(c2ccc3nccn3c2)C2C(=O)Nc3cc(C#N)ccc32)cc1. The van der Waals surface area contributed by atoms with E-state index in [-0.39, 0.29) is 5.91 Å². The van der Waals surface area contributed by atoms with Crippen molar-refractivity contribution in [2.45, 2.75) is 12.5 Å². The Bertz CT molecular complexity index is 1430. The maximum atomic E-state index is 13.1. The van der Waals surface area contributed by atoms with E-state index in [4.69, 9.17) is 4.99 Å². The number of imidazole rings is 1. The number of carbonyl (C=O) groups excluding carboxylic acids is 1.